The molecule has 0 aliphatic rings. The van der Waals surface area contributed by atoms with Gasteiger partial charge in [0.05, 0.1) is 0 Å². The van der Waals surface area contributed by atoms with Crippen LogP contribution in [0.15, 0.2) is 30.3 Å². The maximum atomic E-state index is 5.65. The molecule has 101 valence electrons. The van der Waals surface area contributed by atoms with E-state index in [1.54, 1.807) is 0 Å². The molecule has 0 aliphatic heterocycles. The highest BCUT2D eigenvalue weighted by Gasteiger charge is 1.93. The Morgan fingerprint density at radius 2 is 1.61 bits per heavy atom. The summed E-state index contributed by atoms with van der Waals surface area (Å²) in [5.74, 6) is 0. The Morgan fingerprint density at radius 1 is 0.889 bits per heavy atom. The highest BCUT2D eigenvalue weighted by molar-refractivity contribution is 5.14. The zero-order valence-electron chi connectivity index (χ0n) is 11.7. The molecule has 1 rings (SSSR count). The number of unbranched alkanes of at least 4 members (excludes halogenated alkanes) is 5. The monoisotopic (exact) mass is 247 g/mol. The minimum atomic E-state index is 0.900. The molecule has 0 heterocycles. The molecule has 0 bridgehead atoms. The maximum Gasteiger partial charge on any atom is 0.0469 e. The summed E-state index contributed by atoms with van der Waals surface area (Å²) in [6.07, 6.45) is 11.0. The molecule has 0 spiro atoms. The van der Waals surface area contributed by atoms with Crippen molar-refractivity contribution in [3.8, 4) is 0 Å². The van der Waals surface area contributed by atoms with Gasteiger partial charge in [0.1, 0.15) is 0 Å². The Morgan fingerprint density at radius 3 is 2.39 bits per heavy atom. The normalized spacial score (nSPS) is 10.7. The van der Waals surface area contributed by atoms with Crippen LogP contribution < -0.4 is 0 Å². The van der Waals surface area contributed by atoms with E-state index in [4.69, 9.17) is 4.74 Å². The lowest BCUT2D eigenvalue weighted by Crippen LogP contribution is -1.98. The molecule has 0 aromatic heterocycles. The SMILES string of the molecule is C[CH]CCCCCCOCCCc1ccccc1. The van der Waals surface area contributed by atoms with Crippen molar-refractivity contribution in [3.05, 3.63) is 42.3 Å². The molecule has 0 atom stereocenters. The number of ether oxygens (including phenoxy) is 1. The van der Waals surface area contributed by atoms with Gasteiger partial charge in [0.25, 0.3) is 0 Å². The summed E-state index contributed by atoms with van der Waals surface area (Å²) >= 11 is 0. The second-order valence-electron chi connectivity index (χ2n) is 4.81. The molecule has 18 heavy (non-hydrogen) atoms. The molecule has 1 nitrogen and oxygen atoms in total. The van der Waals surface area contributed by atoms with E-state index in [0.717, 1.165) is 26.1 Å². The maximum absolute atomic E-state index is 5.65. The average Bonchev–Trinajstić information content (AvgIpc) is 2.42. The first-order valence-corrected chi connectivity index (χ1v) is 7.33. The Balaban J connectivity index is 1.82. The topological polar surface area (TPSA) is 9.23 Å². The van der Waals surface area contributed by atoms with Crippen LogP contribution >= 0.6 is 0 Å². The molecule has 0 saturated carbocycles. The number of hydrogen-bond donors (Lipinski definition) is 0. The smallest absolute Gasteiger partial charge is 0.0469 e. The molecule has 0 N–H and O–H groups in total. The van der Waals surface area contributed by atoms with Crippen LogP contribution in [0.5, 0.6) is 0 Å². The lowest BCUT2D eigenvalue weighted by atomic mass is 10.1. The first kappa shape index (κ1) is 15.2. The van der Waals surface area contributed by atoms with Crippen molar-refractivity contribution < 1.29 is 4.74 Å². The van der Waals surface area contributed by atoms with E-state index in [0.29, 0.717) is 0 Å². The largest absolute Gasteiger partial charge is 0.381 e. The molecule has 1 radical (unpaired) electrons. The van der Waals surface area contributed by atoms with Gasteiger partial charge >= 0.3 is 0 Å². The third-order valence-electron chi connectivity index (χ3n) is 3.13. The fraction of sp³-hybridized carbons (Fsp3) is 0.588. The Labute approximate surface area is 113 Å². The fourth-order valence-corrected chi connectivity index (χ4v) is 2.03. The molecule has 1 aromatic carbocycles. The molecule has 0 saturated heterocycles. The van der Waals surface area contributed by atoms with Gasteiger partial charge in [-0.05, 0) is 31.2 Å². The molecule has 0 aliphatic carbocycles. The van der Waals surface area contributed by atoms with Crippen molar-refractivity contribution in [1.29, 1.82) is 0 Å². The standard InChI is InChI=1S/C17H27O/c1-2-3-4-5-6-10-15-18-16-11-14-17-12-8-7-9-13-17/h2,7-9,12-13H,3-6,10-11,14-16H2,1H3. The van der Waals surface area contributed by atoms with Crippen LogP contribution in [0.1, 0.15) is 51.0 Å². The third kappa shape index (κ3) is 8.30. The van der Waals surface area contributed by atoms with Crippen molar-refractivity contribution >= 4 is 0 Å². The highest BCUT2D eigenvalue weighted by atomic mass is 16.5. The molecule has 0 amide bonds. The summed E-state index contributed by atoms with van der Waals surface area (Å²) in [7, 11) is 0. The van der Waals surface area contributed by atoms with E-state index in [-0.39, 0.29) is 0 Å². The number of aryl methyl sites for hydroxylation is 1. The number of rotatable bonds is 11. The highest BCUT2D eigenvalue weighted by Crippen LogP contribution is 2.05. The quantitative estimate of drug-likeness (QED) is 0.510. The number of benzene rings is 1. The minimum absolute atomic E-state index is 0.900. The van der Waals surface area contributed by atoms with Gasteiger partial charge in [-0.1, -0.05) is 62.9 Å². The van der Waals surface area contributed by atoms with Gasteiger partial charge in [0, 0.05) is 13.2 Å². The summed E-state index contributed by atoms with van der Waals surface area (Å²) in [6.45, 7) is 3.97. The van der Waals surface area contributed by atoms with Crippen LogP contribution in [0, 0.1) is 6.42 Å². The van der Waals surface area contributed by atoms with E-state index in [1.807, 2.05) is 0 Å². The molecular formula is C17H27O. The van der Waals surface area contributed by atoms with E-state index >= 15 is 0 Å². The summed E-state index contributed by atoms with van der Waals surface area (Å²) in [6, 6.07) is 10.6. The second kappa shape index (κ2) is 11.3. The van der Waals surface area contributed by atoms with Crippen molar-refractivity contribution in [3.63, 3.8) is 0 Å². The summed E-state index contributed by atoms with van der Waals surface area (Å²) in [5, 5.41) is 0. The van der Waals surface area contributed by atoms with Crippen molar-refractivity contribution in [1.82, 2.24) is 0 Å². The van der Waals surface area contributed by atoms with Gasteiger partial charge in [-0.3, -0.25) is 0 Å². The minimum Gasteiger partial charge on any atom is -0.381 e. The molecule has 1 heteroatoms. The predicted octanol–water partition coefficient (Wildman–Crippen LogP) is 4.81. The van der Waals surface area contributed by atoms with E-state index in [2.05, 4.69) is 43.7 Å². The van der Waals surface area contributed by atoms with E-state index in [1.165, 1.54) is 37.7 Å². The third-order valence-corrected chi connectivity index (χ3v) is 3.13. The van der Waals surface area contributed by atoms with Crippen molar-refractivity contribution in [2.45, 2.75) is 51.9 Å². The van der Waals surface area contributed by atoms with Gasteiger partial charge in [-0.25, -0.2) is 0 Å². The van der Waals surface area contributed by atoms with Crippen LogP contribution in [-0.2, 0) is 11.2 Å². The van der Waals surface area contributed by atoms with Crippen LogP contribution in [-0.4, -0.2) is 13.2 Å². The zero-order chi connectivity index (χ0) is 12.9. The Bertz CT molecular complexity index is 268. The van der Waals surface area contributed by atoms with Crippen LogP contribution in [0.4, 0.5) is 0 Å². The Hall–Kier alpha value is -0.820. The average molecular weight is 247 g/mol. The predicted molar refractivity (Wildman–Crippen MR) is 78.6 cm³/mol. The van der Waals surface area contributed by atoms with Gasteiger partial charge in [-0.15, -0.1) is 0 Å². The van der Waals surface area contributed by atoms with Crippen molar-refractivity contribution in [2.75, 3.05) is 13.2 Å². The molecule has 1 aromatic rings. The van der Waals surface area contributed by atoms with E-state index < -0.39 is 0 Å². The lowest BCUT2D eigenvalue weighted by Gasteiger charge is -2.04. The van der Waals surface area contributed by atoms with Crippen LogP contribution in [0.25, 0.3) is 0 Å². The van der Waals surface area contributed by atoms with Crippen LogP contribution in [0.3, 0.4) is 0 Å². The van der Waals surface area contributed by atoms with E-state index in [9.17, 15) is 0 Å². The first-order valence-electron chi connectivity index (χ1n) is 7.33. The summed E-state index contributed by atoms with van der Waals surface area (Å²) in [4.78, 5) is 0. The molecule has 0 unspecified atom stereocenters. The van der Waals surface area contributed by atoms with Gasteiger partial charge in [0.2, 0.25) is 0 Å². The van der Waals surface area contributed by atoms with Gasteiger partial charge in [0.15, 0.2) is 0 Å². The van der Waals surface area contributed by atoms with Gasteiger partial charge < -0.3 is 4.74 Å². The Kier molecular flexibility index (Phi) is 9.55. The van der Waals surface area contributed by atoms with Crippen LogP contribution in [0.2, 0.25) is 0 Å². The lowest BCUT2D eigenvalue weighted by molar-refractivity contribution is 0.127. The first-order chi connectivity index (χ1) is 8.93. The second-order valence-corrected chi connectivity index (χ2v) is 4.81. The van der Waals surface area contributed by atoms with Gasteiger partial charge in [-0.2, -0.15) is 0 Å². The van der Waals surface area contributed by atoms with Crippen molar-refractivity contribution in [2.24, 2.45) is 0 Å². The number of hydrogen-bond acceptors (Lipinski definition) is 1. The summed E-state index contributed by atoms with van der Waals surface area (Å²) < 4.78 is 5.65. The molecular weight excluding hydrogens is 220 g/mol. The fourth-order valence-electron chi connectivity index (χ4n) is 2.03. The summed E-state index contributed by atoms with van der Waals surface area (Å²) in [5.41, 5.74) is 1.41. The molecule has 0 fully saturated rings. The zero-order valence-corrected chi connectivity index (χ0v) is 11.7.